The summed E-state index contributed by atoms with van der Waals surface area (Å²) >= 11 is 1.32. The van der Waals surface area contributed by atoms with Crippen LogP contribution < -0.4 is 10.7 Å². The minimum Gasteiger partial charge on any atom is -0.465 e. The van der Waals surface area contributed by atoms with E-state index in [0.717, 1.165) is 42.2 Å². The van der Waals surface area contributed by atoms with Gasteiger partial charge in [-0.05, 0) is 49.4 Å². The molecule has 0 saturated carbocycles. The second-order valence-corrected chi connectivity index (χ2v) is 7.93. The summed E-state index contributed by atoms with van der Waals surface area (Å²) in [5, 5.41) is 7.12. The van der Waals surface area contributed by atoms with Gasteiger partial charge in [0.2, 0.25) is 5.43 Å². The lowest BCUT2D eigenvalue weighted by Gasteiger charge is -2.12. The second kappa shape index (κ2) is 7.40. The van der Waals surface area contributed by atoms with Crippen molar-refractivity contribution in [3.8, 4) is 0 Å². The van der Waals surface area contributed by atoms with Crippen LogP contribution in [0, 0.1) is 5.82 Å². The molecule has 2 heterocycles. The molecule has 29 heavy (non-hydrogen) atoms. The normalized spacial score (nSPS) is 13.2. The van der Waals surface area contributed by atoms with Crippen LogP contribution in [0.5, 0.6) is 0 Å². The molecule has 2 aromatic heterocycles. The Morgan fingerprint density at radius 2 is 2.03 bits per heavy atom. The van der Waals surface area contributed by atoms with Crippen molar-refractivity contribution in [1.82, 2.24) is 9.78 Å². The van der Waals surface area contributed by atoms with Gasteiger partial charge >= 0.3 is 5.97 Å². The highest BCUT2D eigenvalue weighted by Gasteiger charge is 2.28. The first-order valence-corrected chi connectivity index (χ1v) is 9.93. The van der Waals surface area contributed by atoms with E-state index in [-0.39, 0.29) is 11.1 Å². The number of carbonyl (C=O) groups excluding carboxylic acids is 2. The van der Waals surface area contributed by atoms with Crippen molar-refractivity contribution in [2.75, 3.05) is 12.4 Å². The number of rotatable bonds is 3. The van der Waals surface area contributed by atoms with Gasteiger partial charge in [0.1, 0.15) is 10.8 Å². The van der Waals surface area contributed by atoms with E-state index in [1.54, 1.807) is 7.05 Å². The fourth-order valence-electron chi connectivity index (χ4n) is 3.63. The van der Waals surface area contributed by atoms with Gasteiger partial charge in [-0.1, -0.05) is 0 Å². The van der Waals surface area contributed by atoms with E-state index in [1.807, 2.05) is 0 Å². The summed E-state index contributed by atoms with van der Waals surface area (Å²) in [4.78, 5) is 39.0. The molecule has 0 aliphatic heterocycles. The number of halogens is 1. The molecule has 3 aromatic rings. The Morgan fingerprint density at radius 3 is 2.79 bits per heavy atom. The summed E-state index contributed by atoms with van der Waals surface area (Å²) < 4.78 is 19.9. The van der Waals surface area contributed by atoms with E-state index in [9.17, 15) is 18.8 Å². The number of benzene rings is 1. The topological polar surface area (TPSA) is 90.3 Å². The zero-order chi connectivity index (χ0) is 20.7. The van der Waals surface area contributed by atoms with E-state index in [2.05, 4.69) is 10.4 Å². The van der Waals surface area contributed by atoms with E-state index in [1.165, 1.54) is 35.3 Å². The van der Waals surface area contributed by atoms with Gasteiger partial charge < -0.3 is 10.1 Å². The first-order chi connectivity index (χ1) is 13.9. The van der Waals surface area contributed by atoms with Gasteiger partial charge in [0.05, 0.1) is 23.6 Å². The highest BCUT2D eigenvalue weighted by atomic mass is 32.1. The Kier molecular flexibility index (Phi) is 4.91. The van der Waals surface area contributed by atoms with E-state index < -0.39 is 23.1 Å². The smallest absolute Gasteiger partial charge is 0.341 e. The number of thiophene rings is 1. The Labute approximate surface area is 169 Å². The molecule has 1 aromatic carbocycles. The maximum absolute atomic E-state index is 13.6. The molecule has 0 bridgehead atoms. The summed E-state index contributed by atoms with van der Waals surface area (Å²) in [6, 6.07) is 3.74. The molecule has 0 atom stereocenters. The molecule has 9 heteroatoms. The van der Waals surface area contributed by atoms with E-state index in [4.69, 9.17) is 4.74 Å². The molecule has 4 rings (SSSR count). The summed E-state index contributed by atoms with van der Waals surface area (Å²) in [6.07, 6.45) is 3.54. The van der Waals surface area contributed by atoms with Crippen molar-refractivity contribution < 1.29 is 18.7 Å². The lowest BCUT2D eigenvalue weighted by molar-refractivity contribution is 0.0601. The average molecular weight is 415 g/mol. The third-order valence-corrected chi connectivity index (χ3v) is 6.23. The molecule has 0 saturated heterocycles. The summed E-state index contributed by atoms with van der Waals surface area (Å²) in [7, 11) is 2.86. The number of carbonyl (C=O) groups is 2. The molecule has 1 aliphatic carbocycles. The lowest BCUT2D eigenvalue weighted by Crippen LogP contribution is -2.27. The Hall–Kier alpha value is -3.07. The van der Waals surface area contributed by atoms with Gasteiger partial charge in [0.25, 0.3) is 5.91 Å². The lowest BCUT2D eigenvalue weighted by atomic mass is 9.95. The molecular weight excluding hydrogens is 397 g/mol. The van der Waals surface area contributed by atoms with Crippen LogP contribution in [0.2, 0.25) is 0 Å². The number of aromatic nitrogens is 2. The number of hydrogen-bond donors (Lipinski definition) is 1. The van der Waals surface area contributed by atoms with Crippen molar-refractivity contribution in [2.24, 2.45) is 7.05 Å². The fourth-order valence-corrected chi connectivity index (χ4v) is 4.90. The first kappa shape index (κ1) is 19.3. The number of hydrogen-bond acceptors (Lipinski definition) is 6. The number of nitrogens with zero attached hydrogens (tertiary/aromatic N) is 2. The van der Waals surface area contributed by atoms with Crippen molar-refractivity contribution >= 4 is 39.1 Å². The highest BCUT2D eigenvalue weighted by Crippen LogP contribution is 2.38. The summed E-state index contributed by atoms with van der Waals surface area (Å²) in [5.74, 6) is -1.85. The maximum atomic E-state index is 13.6. The zero-order valence-corrected chi connectivity index (χ0v) is 16.7. The SMILES string of the molecule is COC(=O)c1c(NC(=O)c2nn(C)c3ccc(F)cc3c2=O)sc2c1CCCC2. The van der Waals surface area contributed by atoms with Crippen LogP contribution in [0.15, 0.2) is 23.0 Å². The quantitative estimate of drug-likeness (QED) is 0.664. The van der Waals surface area contributed by atoms with E-state index >= 15 is 0 Å². The minimum atomic E-state index is -0.750. The van der Waals surface area contributed by atoms with Crippen LogP contribution in [-0.2, 0) is 24.6 Å². The predicted molar refractivity (Wildman–Crippen MR) is 107 cm³/mol. The molecule has 150 valence electrons. The molecule has 1 aliphatic rings. The van der Waals surface area contributed by atoms with Crippen LogP contribution in [0.4, 0.5) is 9.39 Å². The summed E-state index contributed by atoms with van der Waals surface area (Å²) in [5.41, 5.74) is 0.604. The number of esters is 1. The van der Waals surface area contributed by atoms with Crippen molar-refractivity contribution in [1.29, 1.82) is 0 Å². The largest absolute Gasteiger partial charge is 0.465 e. The fraction of sp³-hybridized carbons (Fsp3) is 0.300. The van der Waals surface area contributed by atoms with Crippen LogP contribution in [0.3, 0.4) is 0 Å². The molecule has 0 spiro atoms. The minimum absolute atomic E-state index is 0.0614. The van der Waals surface area contributed by atoms with Gasteiger partial charge in [-0.2, -0.15) is 5.10 Å². The Balaban J connectivity index is 1.78. The third kappa shape index (κ3) is 3.31. The third-order valence-electron chi connectivity index (χ3n) is 5.02. The maximum Gasteiger partial charge on any atom is 0.341 e. The Morgan fingerprint density at radius 1 is 1.28 bits per heavy atom. The Bertz CT molecular complexity index is 1210. The number of aryl methyl sites for hydroxylation is 2. The number of ether oxygens (including phenoxy) is 1. The molecular formula is C20H18FN3O4S. The molecule has 0 radical (unpaired) electrons. The van der Waals surface area contributed by atoms with Gasteiger partial charge in [0.15, 0.2) is 5.69 Å². The number of nitrogens with one attached hydrogen (secondary N) is 1. The predicted octanol–water partition coefficient (Wildman–Crippen LogP) is 3.05. The van der Waals surface area contributed by atoms with E-state index in [0.29, 0.717) is 16.1 Å². The second-order valence-electron chi connectivity index (χ2n) is 6.82. The molecule has 0 unspecified atom stereocenters. The number of methoxy groups -OCH3 is 1. The van der Waals surface area contributed by atoms with Crippen LogP contribution >= 0.6 is 11.3 Å². The van der Waals surface area contributed by atoms with Gasteiger partial charge in [0, 0.05) is 11.9 Å². The van der Waals surface area contributed by atoms with Crippen LogP contribution in [0.1, 0.15) is 44.1 Å². The van der Waals surface area contributed by atoms with Crippen LogP contribution in [-0.4, -0.2) is 28.8 Å². The standard InChI is InChI=1S/C20H18FN3O4S/c1-24-13-8-7-10(21)9-12(13)17(25)16(23-24)18(26)22-19-15(20(27)28-2)11-5-3-4-6-14(11)29-19/h7-9H,3-6H2,1-2H3,(H,22,26). The highest BCUT2D eigenvalue weighted by molar-refractivity contribution is 7.17. The van der Waals surface area contributed by atoms with Gasteiger partial charge in [-0.15, -0.1) is 11.3 Å². The number of anilines is 1. The molecule has 7 nitrogen and oxygen atoms in total. The number of fused-ring (bicyclic) bond motifs is 2. The number of amides is 1. The summed E-state index contributed by atoms with van der Waals surface area (Å²) in [6.45, 7) is 0. The zero-order valence-electron chi connectivity index (χ0n) is 15.9. The molecule has 1 amide bonds. The monoisotopic (exact) mass is 415 g/mol. The van der Waals surface area contributed by atoms with Crippen molar-refractivity contribution in [3.63, 3.8) is 0 Å². The first-order valence-electron chi connectivity index (χ1n) is 9.11. The van der Waals surface area contributed by atoms with Gasteiger partial charge in [-0.3, -0.25) is 14.3 Å². The average Bonchev–Trinajstić information content (AvgIpc) is 3.07. The van der Waals surface area contributed by atoms with Crippen LogP contribution in [0.25, 0.3) is 10.9 Å². The van der Waals surface area contributed by atoms with Crippen molar-refractivity contribution in [2.45, 2.75) is 25.7 Å². The molecule has 0 fully saturated rings. The molecule has 1 N–H and O–H groups in total. The van der Waals surface area contributed by atoms with Crippen molar-refractivity contribution in [3.05, 3.63) is 55.9 Å². The van der Waals surface area contributed by atoms with Gasteiger partial charge in [-0.25, -0.2) is 9.18 Å².